The van der Waals surface area contributed by atoms with Crippen molar-refractivity contribution in [3.63, 3.8) is 0 Å². The first-order valence-corrected chi connectivity index (χ1v) is 12.5. The first-order chi connectivity index (χ1) is 14.5. The van der Waals surface area contributed by atoms with Crippen molar-refractivity contribution in [3.05, 3.63) is 40.4 Å². The van der Waals surface area contributed by atoms with Crippen LogP contribution in [0, 0.1) is 6.92 Å². The van der Waals surface area contributed by atoms with Gasteiger partial charge in [0.05, 0.1) is 5.69 Å². The van der Waals surface area contributed by atoms with Crippen LogP contribution in [0.3, 0.4) is 0 Å². The van der Waals surface area contributed by atoms with E-state index in [1.807, 2.05) is 6.92 Å². The van der Waals surface area contributed by atoms with Crippen molar-refractivity contribution < 1.29 is 4.79 Å². The van der Waals surface area contributed by atoms with Crippen LogP contribution in [0.25, 0.3) is 10.6 Å². The molecule has 4 nitrogen and oxygen atoms in total. The molecule has 4 rings (SSSR count). The van der Waals surface area contributed by atoms with Gasteiger partial charge in [-0.3, -0.25) is 4.79 Å². The zero-order chi connectivity index (χ0) is 21.1. The summed E-state index contributed by atoms with van der Waals surface area (Å²) in [6.45, 7) is 10.6. The molecule has 3 heterocycles. The van der Waals surface area contributed by atoms with Gasteiger partial charge in [0.25, 0.3) is 5.91 Å². The monoisotopic (exact) mass is 425 g/mol. The molecule has 30 heavy (non-hydrogen) atoms. The summed E-state index contributed by atoms with van der Waals surface area (Å²) in [5, 5.41) is 0.972. The smallest absolute Gasteiger partial charge is 0.265 e. The third kappa shape index (κ3) is 4.62. The molecule has 0 N–H and O–H groups in total. The number of thiazole rings is 1. The average molecular weight is 426 g/mol. The maximum atomic E-state index is 13.3. The number of likely N-dealkylation sites (tertiary alicyclic amines) is 2. The van der Waals surface area contributed by atoms with Gasteiger partial charge < -0.3 is 9.80 Å². The number of aromatic nitrogens is 1. The summed E-state index contributed by atoms with van der Waals surface area (Å²) in [6.07, 6.45) is 7.63. The van der Waals surface area contributed by atoms with Gasteiger partial charge in [-0.05, 0) is 57.2 Å². The highest BCUT2D eigenvalue weighted by Crippen LogP contribution is 2.34. The molecule has 2 aliphatic rings. The van der Waals surface area contributed by atoms with Gasteiger partial charge >= 0.3 is 0 Å². The lowest BCUT2D eigenvalue weighted by molar-refractivity contribution is 0.0626. The summed E-state index contributed by atoms with van der Waals surface area (Å²) in [6, 6.07) is 9.11. The molecular formula is C25H35N3OS. The third-order valence-electron chi connectivity index (χ3n) is 6.71. The van der Waals surface area contributed by atoms with E-state index in [9.17, 15) is 4.79 Å². The molecule has 0 spiro atoms. The molecule has 0 saturated carbocycles. The quantitative estimate of drug-likeness (QED) is 0.628. The Bertz CT molecular complexity index is 859. The zero-order valence-corrected chi connectivity index (χ0v) is 19.5. The second-order valence-electron chi connectivity index (χ2n) is 9.15. The van der Waals surface area contributed by atoms with Crippen LogP contribution in [0.15, 0.2) is 24.3 Å². The van der Waals surface area contributed by atoms with Gasteiger partial charge in [-0.2, -0.15) is 0 Å². The van der Waals surface area contributed by atoms with Crippen molar-refractivity contribution in [1.29, 1.82) is 0 Å². The number of carbonyl (C=O) groups excluding carboxylic acids is 1. The standard InChI is InChI=1S/C25H35N3OS/c1-18(2)21-10-6-7-11-22(21)24-26-19(3)23(30-24)25(29)28-16-12-20(13-17-28)27-14-8-4-5-9-15-27/h6-7,10-11,18,20H,4-5,8-9,12-17H2,1-3H3. The Hall–Kier alpha value is -1.72. The van der Waals surface area contributed by atoms with Gasteiger partial charge in [-0.25, -0.2) is 4.98 Å². The lowest BCUT2D eigenvalue weighted by atomic mass is 9.98. The largest absolute Gasteiger partial charge is 0.338 e. The minimum Gasteiger partial charge on any atom is -0.338 e. The summed E-state index contributed by atoms with van der Waals surface area (Å²) in [7, 11) is 0. The van der Waals surface area contributed by atoms with Crippen molar-refractivity contribution >= 4 is 17.2 Å². The summed E-state index contributed by atoms with van der Waals surface area (Å²) >= 11 is 1.56. The van der Waals surface area contributed by atoms with E-state index in [0.29, 0.717) is 12.0 Å². The first kappa shape index (κ1) is 21.5. The average Bonchev–Trinajstić information content (AvgIpc) is 2.97. The van der Waals surface area contributed by atoms with Crippen LogP contribution in [0.4, 0.5) is 0 Å². The second kappa shape index (κ2) is 9.61. The van der Waals surface area contributed by atoms with Crippen LogP contribution in [0.2, 0.25) is 0 Å². The fourth-order valence-corrected chi connectivity index (χ4v) is 6.02. The van der Waals surface area contributed by atoms with E-state index in [1.54, 1.807) is 11.3 Å². The van der Waals surface area contributed by atoms with Crippen LogP contribution in [0.1, 0.15) is 79.2 Å². The SMILES string of the molecule is Cc1nc(-c2ccccc2C(C)C)sc1C(=O)N1CCC(N2CCCCCC2)CC1. The highest BCUT2D eigenvalue weighted by atomic mass is 32.1. The van der Waals surface area contributed by atoms with Crippen LogP contribution in [-0.4, -0.2) is 52.9 Å². The number of carbonyl (C=O) groups is 1. The van der Waals surface area contributed by atoms with Gasteiger partial charge in [0.2, 0.25) is 0 Å². The number of nitrogens with zero attached hydrogens (tertiary/aromatic N) is 3. The van der Waals surface area contributed by atoms with Crippen LogP contribution >= 0.6 is 11.3 Å². The number of amides is 1. The fourth-order valence-electron chi connectivity index (χ4n) is 4.94. The summed E-state index contributed by atoms with van der Waals surface area (Å²) in [5.74, 6) is 0.607. The molecule has 0 atom stereocenters. The van der Waals surface area contributed by atoms with Gasteiger partial charge in [0, 0.05) is 24.7 Å². The lowest BCUT2D eigenvalue weighted by Gasteiger charge is -2.38. The van der Waals surface area contributed by atoms with Gasteiger partial charge in [0.15, 0.2) is 0 Å². The highest BCUT2D eigenvalue weighted by molar-refractivity contribution is 7.17. The maximum Gasteiger partial charge on any atom is 0.265 e. The fraction of sp³-hybridized carbons (Fsp3) is 0.600. The van der Waals surface area contributed by atoms with Crippen molar-refractivity contribution in [2.45, 2.75) is 71.3 Å². The molecule has 162 valence electrons. The molecule has 0 aliphatic carbocycles. The normalized spacial score (nSPS) is 19.3. The Labute approximate surface area is 185 Å². The van der Waals surface area contributed by atoms with E-state index in [0.717, 1.165) is 41.5 Å². The molecule has 1 aromatic carbocycles. The summed E-state index contributed by atoms with van der Waals surface area (Å²) < 4.78 is 0. The highest BCUT2D eigenvalue weighted by Gasteiger charge is 2.29. The topological polar surface area (TPSA) is 36.4 Å². The van der Waals surface area contributed by atoms with Crippen molar-refractivity contribution in [3.8, 4) is 10.6 Å². The third-order valence-corrected chi connectivity index (χ3v) is 7.89. The van der Waals surface area contributed by atoms with E-state index in [4.69, 9.17) is 4.98 Å². The van der Waals surface area contributed by atoms with Gasteiger partial charge in [-0.15, -0.1) is 11.3 Å². The molecule has 2 aliphatic heterocycles. The summed E-state index contributed by atoms with van der Waals surface area (Å²) in [5.41, 5.74) is 3.33. The predicted octanol–water partition coefficient (Wildman–Crippen LogP) is 5.72. The molecular weight excluding hydrogens is 390 g/mol. The van der Waals surface area contributed by atoms with Crippen molar-refractivity contribution in [2.75, 3.05) is 26.2 Å². The Morgan fingerprint density at radius 2 is 1.70 bits per heavy atom. The van der Waals surface area contributed by atoms with Crippen LogP contribution in [-0.2, 0) is 0 Å². The minimum atomic E-state index is 0.174. The van der Waals surface area contributed by atoms with Crippen LogP contribution < -0.4 is 0 Å². The molecule has 2 saturated heterocycles. The number of piperidine rings is 1. The summed E-state index contributed by atoms with van der Waals surface area (Å²) in [4.78, 5) is 23.7. The second-order valence-corrected chi connectivity index (χ2v) is 10.1. The lowest BCUT2D eigenvalue weighted by Crippen LogP contribution is -2.47. The number of benzene rings is 1. The molecule has 1 aromatic heterocycles. The Morgan fingerprint density at radius 3 is 2.37 bits per heavy atom. The van der Waals surface area contributed by atoms with E-state index in [2.05, 4.69) is 47.9 Å². The number of rotatable bonds is 4. The maximum absolute atomic E-state index is 13.3. The molecule has 0 bridgehead atoms. The van der Waals surface area contributed by atoms with Gasteiger partial charge in [0.1, 0.15) is 9.88 Å². The van der Waals surface area contributed by atoms with E-state index in [-0.39, 0.29) is 5.91 Å². The van der Waals surface area contributed by atoms with Crippen LogP contribution in [0.5, 0.6) is 0 Å². The number of aryl methyl sites for hydroxylation is 1. The van der Waals surface area contributed by atoms with E-state index < -0.39 is 0 Å². The molecule has 5 heteroatoms. The molecule has 1 amide bonds. The molecule has 2 aromatic rings. The van der Waals surface area contributed by atoms with E-state index >= 15 is 0 Å². The zero-order valence-electron chi connectivity index (χ0n) is 18.7. The molecule has 2 fully saturated rings. The van der Waals surface area contributed by atoms with Crippen molar-refractivity contribution in [2.24, 2.45) is 0 Å². The molecule has 0 unspecified atom stereocenters. The minimum absolute atomic E-state index is 0.174. The number of hydrogen-bond donors (Lipinski definition) is 0. The van der Waals surface area contributed by atoms with Gasteiger partial charge in [-0.1, -0.05) is 51.0 Å². The Balaban J connectivity index is 1.45. The first-order valence-electron chi connectivity index (χ1n) is 11.6. The number of hydrogen-bond acceptors (Lipinski definition) is 4. The Morgan fingerprint density at radius 1 is 1.03 bits per heavy atom. The van der Waals surface area contributed by atoms with Crippen molar-refractivity contribution in [1.82, 2.24) is 14.8 Å². The Kier molecular flexibility index (Phi) is 6.89. The van der Waals surface area contributed by atoms with E-state index in [1.165, 1.54) is 49.9 Å². The molecule has 0 radical (unpaired) electrons. The predicted molar refractivity (Wildman–Crippen MR) is 125 cm³/mol.